The van der Waals surface area contributed by atoms with Gasteiger partial charge in [0.15, 0.2) is 0 Å². The molecule has 6 nitrogen and oxygen atoms in total. The van der Waals surface area contributed by atoms with Gasteiger partial charge in [0.05, 0.1) is 37.6 Å². The van der Waals surface area contributed by atoms with E-state index in [9.17, 15) is 0 Å². The Morgan fingerprint density at radius 1 is 0.769 bits per heavy atom. The van der Waals surface area contributed by atoms with Crippen molar-refractivity contribution in [2.75, 3.05) is 26.9 Å². The molecule has 80 valence electrons. The van der Waals surface area contributed by atoms with E-state index in [0.717, 1.165) is 10.7 Å². The molecule has 0 N–H and O–H groups in total. The first-order chi connectivity index (χ1) is 6.29. The predicted molar refractivity (Wildman–Crippen MR) is 45.6 cm³/mol. The van der Waals surface area contributed by atoms with Gasteiger partial charge in [-0.3, -0.25) is 19.4 Å². The van der Waals surface area contributed by atoms with Crippen LogP contribution in [0.25, 0.3) is 0 Å². The Hall–Kier alpha value is -0.240. The van der Waals surface area contributed by atoms with Crippen molar-refractivity contribution in [3.05, 3.63) is 0 Å². The van der Waals surface area contributed by atoms with Crippen molar-refractivity contribution >= 4 is 0 Å². The van der Waals surface area contributed by atoms with Gasteiger partial charge >= 0.3 is 0 Å². The first kappa shape index (κ1) is 12.8. The van der Waals surface area contributed by atoms with Crippen molar-refractivity contribution in [2.45, 2.75) is 20.8 Å². The highest BCUT2D eigenvalue weighted by Gasteiger charge is 2.16. The van der Waals surface area contributed by atoms with Gasteiger partial charge in [-0.2, -0.15) is 0 Å². The normalized spacial score (nSPS) is 11.5. The summed E-state index contributed by atoms with van der Waals surface area (Å²) in [6, 6.07) is 0. The SMILES string of the molecule is CCON(OC)N(OCC)OCC. The minimum absolute atomic E-state index is 0.463. The zero-order valence-electron chi connectivity index (χ0n) is 8.65. The molecule has 13 heavy (non-hydrogen) atoms. The standard InChI is InChI=1S/C7H18N2O4/c1-5-11-8(10-4)9(12-6-2)13-7-3/h5-7H2,1-4H3. The van der Waals surface area contributed by atoms with Gasteiger partial charge in [-0.1, -0.05) is 0 Å². The summed E-state index contributed by atoms with van der Waals surface area (Å²) in [7, 11) is 1.46. The molecule has 0 amide bonds. The summed E-state index contributed by atoms with van der Waals surface area (Å²) >= 11 is 0. The van der Waals surface area contributed by atoms with Crippen LogP contribution in [0.3, 0.4) is 0 Å². The van der Waals surface area contributed by atoms with E-state index in [1.54, 1.807) is 0 Å². The highest BCUT2D eigenvalue weighted by atomic mass is 17.1. The molecule has 0 unspecified atom stereocenters. The van der Waals surface area contributed by atoms with Gasteiger partial charge in [0.1, 0.15) is 0 Å². The Labute approximate surface area is 78.7 Å². The van der Waals surface area contributed by atoms with Crippen molar-refractivity contribution in [1.29, 1.82) is 0 Å². The van der Waals surface area contributed by atoms with E-state index >= 15 is 0 Å². The van der Waals surface area contributed by atoms with Crippen molar-refractivity contribution in [2.24, 2.45) is 0 Å². The summed E-state index contributed by atoms with van der Waals surface area (Å²) < 4.78 is 0. The lowest BCUT2D eigenvalue weighted by Gasteiger charge is -2.27. The first-order valence-electron chi connectivity index (χ1n) is 4.33. The molecule has 0 saturated heterocycles. The highest BCUT2D eigenvalue weighted by Crippen LogP contribution is 2.01. The zero-order chi connectivity index (χ0) is 10.1. The Kier molecular flexibility index (Phi) is 8.21. The summed E-state index contributed by atoms with van der Waals surface area (Å²) in [5, 5.41) is 2.09. The minimum atomic E-state index is 0.463. The molecular weight excluding hydrogens is 176 g/mol. The summed E-state index contributed by atoms with van der Waals surface area (Å²) in [6.07, 6.45) is 0. The second-order valence-electron chi connectivity index (χ2n) is 1.91. The van der Waals surface area contributed by atoms with Crippen LogP contribution in [0.15, 0.2) is 0 Å². The monoisotopic (exact) mass is 194 g/mol. The second kappa shape index (κ2) is 8.36. The number of hydrogen-bond donors (Lipinski definition) is 0. The van der Waals surface area contributed by atoms with Crippen LogP contribution in [0, 0.1) is 0 Å². The van der Waals surface area contributed by atoms with Crippen molar-refractivity contribution in [3.8, 4) is 0 Å². The molecule has 0 spiro atoms. The maximum atomic E-state index is 5.08. The van der Waals surface area contributed by atoms with E-state index in [0.29, 0.717) is 19.8 Å². The molecule has 0 aromatic rings. The van der Waals surface area contributed by atoms with Gasteiger partial charge in [-0.25, -0.2) is 0 Å². The van der Waals surface area contributed by atoms with Crippen LogP contribution in [0.1, 0.15) is 20.8 Å². The molecule has 0 aromatic carbocycles. The lowest BCUT2D eigenvalue weighted by atomic mass is 10.9. The van der Waals surface area contributed by atoms with E-state index in [1.165, 1.54) is 7.11 Å². The zero-order valence-corrected chi connectivity index (χ0v) is 8.65. The fourth-order valence-corrected chi connectivity index (χ4v) is 0.629. The molecule has 0 fully saturated rings. The number of nitrogens with zero attached hydrogens (tertiary/aromatic N) is 2. The average molecular weight is 194 g/mol. The van der Waals surface area contributed by atoms with E-state index in [4.69, 9.17) is 19.4 Å². The Morgan fingerprint density at radius 3 is 1.46 bits per heavy atom. The number of rotatable bonds is 8. The molecule has 0 saturated carbocycles. The van der Waals surface area contributed by atoms with Crippen LogP contribution in [0.2, 0.25) is 0 Å². The number of hydrazine groups is 1. The third kappa shape index (κ3) is 5.14. The Bertz CT molecular complexity index is 109. The van der Waals surface area contributed by atoms with Crippen molar-refractivity contribution < 1.29 is 19.4 Å². The van der Waals surface area contributed by atoms with Crippen LogP contribution in [0.5, 0.6) is 0 Å². The van der Waals surface area contributed by atoms with Crippen LogP contribution in [0.4, 0.5) is 0 Å². The molecule has 0 aliphatic rings. The summed E-state index contributed by atoms with van der Waals surface area (Å²) in [4.78, 5) is 20.0. The summed E-state index contributed by atoms with van der Waals surface area (Å²) in [5.41, 5.74) is 0. The van der Waals surface area contributed by atoms with Crippen LogP contribution in [-0.2, 0) is 19.4 Å². The molecule has 0 atom stereocenters. The van der Waals surface area contributed by atoms with Gasteiger partial charge in [0, 0.05) is 0 Å². The van der Waals surface area contributed by atoms with E-state index in [2.05, 4.69) is 0 Å². The largest absolute Gasteiger partial charge is 0.260 e. The van der Waals surface area contributed by atoms with Gasteiger partial charge in [0.2, 0.25) is 0 Å². The molecule has 0 aliphatic heterocycles. The van der Waals surface area contributed by atoms with Gasteiger partial charge in [-0.15, -0.1) is 0 Å². The van der Waals surface area contributed by atoms with Gasteiger partial charge < -0.3 is 0 Å². The summed E-state index contributed by atoms with van der Waals surface area (Å²) in [5.74, 6) is 0. The smallest absolute Gasteiger partial charge is 0.0700 e. The van der Waals surface area contributed by atoms with Gasteiger partial charge in [-0.05, 0) is 20.8 Å². The lowest BCUT2D eigenvalue weighted by Crippen LogP contribution is -2.42. The lowest BCUT2D eigenvalue weighted by molar-refractivity contribution is -0.612. The van der Waals surface area contributed by atoms with Crippen LogP contribution < -0.4 is 0 Å². The molecule has 0 radical (unpaired) electrons. The first-order valence-corrected chi connectivity index (χ1v) is 4.33. The second-order valence-corrected chi connectivity index (χ2v) is 1.91. The molecule has 0 bridgehead atoms. The van der Waals surface area contributed by atoms with E-state index in [-0.39, 0.29) is 0 Å². The van der Waals surface area contributed by atoms with Crippen LogP contribution >= 0.6 is 0 Å². The Balaban J connectivity index is 3.94. The quantitative estimate of drug-likeness (QED) is 0.535. The summed E-state index contributed by atoms with van der Waals surface area (Å²) in [6.45, 7) is 6.91. The van der Waals surface area contributed by atoms with E-state index in [1.807, 2.05) is 20.8 Å². The minimum Gasteiger partial charge on any atom is -0.260 e. The van der Waals surface area contributed by atoms with Gasteiger partial charge in [0.25, 0.3) is 0 Å². The predicted octanol–water partition coefficient (Wildman–Crippen LogP) is 0.921. The molecular formula is C7H18N2O4. The molecule has 0 rings (SSSR count). The Morgan fingerprint density at radius 2 is 1.15 bits per heavy atom. The highest BCUT2D eigenvalue weighted by molar-refractivity contribution is 4.08. The maximum Gasteiger partial charge on any atom is 0.0700 e. The van der Waals surface area contributed by atoms with Crippen LogP contribution in [-0.4, -0.2) is 37.6 Å². The van der Waals surface area contributed by atoms with E-state index < -0.39 is 0 Å². The third-order valence-electron chi connectivity index (χ3n) is 1.01. The molecule has 0 aromatic heterocycles. The van der Waals surface area contributed by atoms with Crippen molar-refractivity contribution in [3.63, 3.8) is 0 Å². The molecule has 0 aliphatic carbocycles. The number of hydrogen-bond acceptors (Lipinski definition) is 6. The topological polar surface area (TPSA) is 43.4 Å². The third-order valence-corrected chi connectivity index (χ3v) is 1.01. The maximum absolute atomic E-state index is 5.08. The fourth-order valence-electron chi connectivity index (χ4n) is 0.629. The molecule has 6 heteroatoms. The molecule has 0 heterocycles. The van der Waals surface area contributed by atoms with Crippen molar-refractivity contribution in [1.82, 2.24) is 10.7 Å². The fraction of sp³-hybridized carbons (Fsp3) is 1.00. The average Bonchev–Trinajstić information content (AvgIpc) is 2.14.